The van der Waals surface area contributed by atoms with Crippen molar-refractivity contribution in [2.45, 2.75) is 0 Å². The van der Waals surface area contributed by atoms with E-state index in [0.29, 0.717) is 0 Å². The molecular formula is C11H7N5O3S. The van der Waals surface area contributed by atoms with Crippen molar-refractivity contribution in [1.82, 2.24) is 19.6 Å². The zero-order chi connectivity index (χ0) is 14.1. The van der Waals surface area contributed by atoms with Crippen LogP contribution in [0.3, 0.4) is 0 Å². The second-order valence-electron chi connectivity index (χ2n) is 3.78. The highest BCUT2D eigenvalue weighted by Gasteiger charge is 2.22. The molecule has 0 bridgehead atoms. The fourth-order valence-electron chi connectivity index (χ4n) is 1.70. The first-order valence-electron chi connectivity index (χ1n) is 5.49. The lowest BCUT2D eigenvalue weighted by atomic mass is 10.3. The standard InChI is InChI=1S/C11H7N5O3S/c17-10-9(16(18)19)8(4-3-7-2-1-5-20-7)14-11-12-6-13-15(10)11/h1-6H,(H,12,13,14)/b4-3+. The fraction of sp³-hybridized carbons (Fsp3) is 0. The minimum Gasteiger partial charge on any atom is -0.277 e. The van der Waals surface area contributed by atoms with E-state index in [2.05, 4.69) is 15.1 Å². The van der Waals surface area contributed by atoms with Gasteiger partial charge in [0.1, 0.15) is 6.33 Å². The Hall–Kier alpha value is -2.81. The normalized spacial score (nSPS) is 11.4. The Kier molecular flexibility index (Phi) is 2.88. The number of nitrogens with one attached hydrogen (secondary N) is 1. The van der Waals surface area contributed by atoms with Crippen molar-refractivity contribution in [1.29, 1.82) is 0 Å². The van der Waals surface area contributed by atoms with Crippen molar-refractivity contribution >= 4 is 35.0 Å². The zero-order valence-electron chi connectivity index (χ0n) is 9.89. The SMILES string of the molecule is O=c1c([N+](=O)[O-])c(/C=C/c2cccs2)nc2nc[nH]n12. The molecule has 0 radical (unpaired) electrons. The van der Waals surface area contributed by atoms with Gasteiger partial charge in [-0.15, -0.1) is 11.3 Å². The molecule has 0 saturated heterocycles. The third kappa shape index (κ3) is 1.99. The van der Waals surface area contributed by atoms with Crippen LogP contribution in [0.1, 0.15) is 10.6 Å². The summed E-state index contributed by atoms with van der Waals surface area (Å²) in [6.07, 6.45) is 4.36. The minimum atomic E-state index is -0.789. The molecule has 0 amide bonds. The lowest BCUT2D eigenvalue weighted by Gasteiger charge is -1.97. The second-order valence-corrected chi connectivity index (χ2v) is 4.76. The van der Waals surface area contributed by atoms with Gasteiger partial charge in [0.15, 0.2) is 5.69 Å². The second kappa shape index (κ2) is 4.70. The third-order valence-electron chi connectivity index (χ3n) is 2.57. The van der Waals surface area contributed by atoms with E-state index >= 15 is 0 Å². The first-order valence-corrected chi connectivity index (χ1v) is 6.37. The van der Waals surface area contributed by atoms with Crippen LogP contribution < -0.4 is 5.56 Å². The van der Waals surface area contributed by atoms with Gasteiger partial charge < -0.3 is 0 Å². The maximum absolute atomic E-state index is 12.0. The molecule has 3 heterocycles. The molecule has 0 aliphatic heterocycles. The van der Waals surface area contributed by atoms with Crippen molar-refractivity contribution in [2.24, 2.45) is 0 Å². The van der Waals surface area contributed by atoms with Gasteiger partial charge >= 0.3 is 11.2 Å². The van der Waals surface area contributed by atoms with Crippen LogP contribution in [0.25, 0.3) is 17.9 Å². The van der Waals surface area contributed by atoms with Crippen LogP contribution in [-0.2, 0) is 0 Å². The third-order valence-corrected chi connectivity index (χ3v) is 3.40. The van der Waals surface area contributed by atoms with Gasteiger partial charge in [-0.25, -0.2) is 9.97 Å². The van der Waals surface area contributed by atoms with Crippen LogP contribution in [-0.4, -0.2) is 24.5 Å². The highest BCUT2D eigenvalue weighted by molar-refractivity contribution is 7.10. The predicted molar refractivity (Wildman–Crippen MR) is 73.5 cm³/mol. The number of nitrogens with zero attached hydrogens (tertiary/aromatic N) is 4. The fourth-order valence-corrected chi connectivity index (χ4v) is 2.32. The maximum atomic E-state index is 12.0. The Morgan fingerprint density at radius 1 is 1.45 bits per heavy atom. The molecular weight excluding hydrogens is 282 g/mol. The average molecular weight is 289 g/mol. The van der Waals surface area contributed by atoms with E-state index in [4.69, 9.17) is 0 Å². The number of hydrogen-bond acceptors (Lipinski definition) is 6. The van der Waals surface area contributed by atoms with Crippen molar-refractivity contribution in [3.05, 3.63) is 54.9 Å². The van der Waals surface area contributed by atoms with Gasteiger partial charge in [0.05, 0.1) is 4.92 Å². The lowest BCUT2D eigenvalue weighted by molar-refractivity contribution is -0.386. The number of H-pyrrole nitrogens is 1. The summed E-state index contributed by atoms with van der Waals surface area (Å²) in [7, 11) is 0. The molecule has 9 heteroatoms. The first kappa shape index (κ1) is 12.2. The van der Waals surface area contributed by atoms with Crippen LogP contribution >= 0.6 is 11.3 Å². The topological polar surface area (TPSA) is 106 Å². The van der Waals surface area contributed by atoms with Crippen LogP contribution in [0.4, 0.5) is 5.69 Å². The number of aromatic amines is 1. The Balaban J connectivity index is 2.20. The molecule has 0 saturated carbocycles. The van der Waals surface area contributed by atoms with Crippen LogP contribution in [0.5, 0.6) is 0 Å². The van der Waals surface area contributed by atoms with Gasteiger partial charge in [-0.2, -0.15) is 4.52 Å². The molecule has 0 unspecified atom stereocenters. The summed E-state index contributed by atoms with van der Waals surface area (Å²) in [6, 6.07) is 3.71. The first-order chi connectivity index (χ1) is 9.66. The minimum absolute atomic E-state index is 0.0134. The van der Waals surface area contributed by atoms with E-state index in [1.165, 1.54) is 23.7 Å². The zero-order valence-corrected chi connectivity index (χ0v) is 10.7. The molecule has 3 rings (SSSR count). The summed E-state index contributed by atoms with van der Waals surface area (Å²) < 4.78 is 0.931. The van der Waals surface area contributed by atoms with Gasteiger partial charge in [-0.3, -0.25) is 20.0 Å². The quantitative estimate of drug-likeness (QED) is 0.581. The molecule has 0 aliphatic carbocycles. The molecule has 0 atom stereocenters. The molecule has 20 heavy (non-hydrogen) atoms. The van der Waals surface area contributed by atoms with Gasteiger partial charge in [0, 0.05) is 4.88 Å². The summed E-state index contributed by atoms with van der Waals surface area (Å²) in [6.45, 7) is 0. The maximum Gasteiger partial charge on any atom is 0.361 e. The predicted octanol–water partition coefficient (Wildman–Crippen LogP) is 1.56. The highest BCUT2D eigenvalue weighted by atomic mass is 32.1. The van der Waals surface area contributed by atoms with Crippen LogP contribution in [0, 0.1) is 10.1 Å². The molecule has 8 nitrogen and oxygen atoms in total. The largest absolute Gasteiger partial charge is 0.361 e. The summed E-state index contributed by atoms with van der Waals surface area (Å²) >= 11 is 1.48. The Morgan fingerprint density at radius 3 is 3.00 bits per heavy atom. The van der Waals surface area contributed by atoms with Crippen molar-refractivity contribution in [3.8, 4) is 0 Å². The molecule has 100 valence electrons. The number of aromatic nitrogens is 4. The van der Waals surface area contributed by atoms with Gasteiger partial charge in [-0.05, 0) is 23.6 Å². The molecule has 1 N–H and O–H groups in total. The van der Waals surface area contributed by atoms with E-state index in [0.717, 1.165) is 9.39 Å². The van der Waals surface area contributed by atoms with Crippen LogP contribution in [0.15, 0.2) is 28.6 Å². The summed E-state index contributed by atoms with van der Waals surface area (Å²) in [5.41, 5.74) is -1.39. The Bertz CT molecular complexity index is 862. The van der Waals surface area contributed by atoms with Crippen molar-refractivity contribution in [2.75, 3.05) is 0 Å². The number of fused-ring (bicyclic) bond motifs is 1. The molecule has 0 aliphatic rings. The molecule has 0 spiro atoms. The van der Waals surface area contributed by atoms with Crippen molar-refractivity contribution in [3.63, 3.8) is 0 Å². The van der Waals surface area contributed by atoms with Crippen LogP contribution in [0.2, 0.25) is 0 Å². The monoisotopic (exact) mass is 289 g/mol. The average Bonchev–Trinajstić information content (AvgIpc) is 3.06. The summed E-state index contributed by atoms with van der Waals surface area (Å²) in [4.78, 5) is 31.1. The molecule has 0 aromatic carbocycles. The lowest BCUT2D eigenvalue weighted by Crippen LogP contribution is -2.20. The van der Waals surface area contributed by atoms with Gasteiger partial charge in [-0.1, -0.05) is 6.07 Å². The number of hydrogen-bond donors (Lipinski definition) is 1. The molecule has 3 aromatic rings. The van der Waals surface area contributed by atoms with Gasteiger partial charge in [0.2, 0.25) is 0 Å². The van der Waals surface area contributed by atoms with Gasteiger partial charge in [0.25, 0.3) is 5.78 Å². The summed E-state index contributed by atoms with van der Waals surface area (Å²) in [5, 5.41) is 15.4. The van der Waals surface area contributed by atoms with E-state index in [-0.39, 0.29) is 11.5 Å². The van der Waals surface area contributed by atoms with Crippen molar-refractivity contribution < 1.29 is 4.92 Å². The molecule has 0 fully saturated rings. The number of thiophene rings is 1. The Morgan fingerprint density at radius 2 is 2.30 bits per heavy atom. The van der Waals surface area contributed by atoms with E-state index in [9.17, 15) is 14.9 Å². The number of rotatable bonds is 3. The Labute approximate surface area is 115 Å². The van der Waals surface area contributed by atoms with E-state index in [1.807, 2.05) is 17.5 Å². The smallest absolute Gasteiger partial charge is 0.277 e. The highest BCUT2D eigenvalue weighted by Crippen LogP contribution is 2.17. The van der Waals surface area contributed by atoms with E-state index in [1.54, 1.807) is 6.08 Å². The number of nitro groups is 1. The van der Waals surface area contributed by atoms with E-state index < -0.39 is 16.2 Å². The molecule has 3 aromatic heterocycles. The summed E-state index contributed by atoms with van der Waals surface area (Å²) in [5.74, 6) is 0.0893.